The number of benzene rings is 1. The number of hydrogen-bond acceptors (Lipinski definition) is 3. The molecule has 3 heteroatoms. The van der Waals surface area contributed by atoms with E-state index in [0.29, 0.717) is 6.54 Å². The zero-order valence-corrected chi connectivity index (χ0v) is 12.6. The van der Waals surface area contributed by atoms with Gasteiger partial charge in [0.1, 0.15) is 0 Å². The van der Waals surface area contributed by atoms with E-state index < -0.39 is 0 Å². The van der Waals surface area contributed by atoms with Crippen molar-refractivity contribution in [2.75, 3.05) is 11.9 Å². The number of fused-ring (bicyclic) bond motifs is 3. The molecular weight excluding hydrogens is 276 g/mol. The van der Waals surface area contributed by atoms with Gasteiger partial charge in [-0.1, -0.05) is 30.3 Å². The molecule has 1 aromatic heterocycles. The van der Waals surface area contributed by atoms with Crippen LogP contribution < -0.4 is 5.32 Å². The molecule has 0 unspecified atom stereocenters. The normalized spacial score (nSPS) is 16.7. The van der Waals surface area contributed by atoms with Gasteiger partial charge in [-0.3, -0.25) is 0 Å². The highest BCUT2D eigenvalue weighted by Gasteiger charge is 2.28. The van der Waals surface area contributed by atoms with Crippen molar-refractivity contribution in [3.8, 4) is 6.07 Å². The standard InChI is InChI=1S/C18H16N2S/c19-10-13-11-20-18-17(14-8-4-5-9-15(14)21-18)16(13)12-6-2-1-3-7-12/h1-3,6-7,20H,4-5,8-9,11H2. The Labute approximate surface area is 128 Å². The van der Waals surface area contributed by atoms with Crippen LogP contribution in [0.3, 0.4) is 0 Å². The van der Waals surface area contributed by atoms with E-state index in [-0.39, 0.29) is 0 Å². The predicted molar refractivity (Wildman–Crippen MR) is 87.5 cm³/mol. The third kappa shape index (κ3) is 1.99. The topological polar surface area (TPSA) is 35.8 Å². The minimum atomic E-state index is 0.646. The summed E-state index contributed by atoms with van der Waals surface area (Å²) < 4.78 is 0. The lowest BCUT2D eigenvalue weighted by Crippen LogP contribution is -2.13. The number of hydrogen-bond donors (Lipinski definition) is 1. The molecule has 2 heterocycles. The van der Waals surface area contributed by atoms with Gasteiger partial charge >= 0.3 is 0 Å². The Balaban J connectivity index is 1.98. The summed E-state index contributed by atoms with van der Waals surface area (Å²) in [6.45, 7) is 0.646. The van der Waals surface area contributed by atoms with Crippen LogP contribution in [0.4, 0.5) is 5.00 Å². The summed E-state index contributed by atoms with van der Waals surface area (Å²) in [6.07, 6.45) is 4.90. The van der Waals surface area contributed by atoms with Gasteiger partial charge in [0.25, 0.3) is 0 Å². The second-order valence-electron chi connectivity index (χ2n) is 5.60. The van der Waals surface area contributed by atoms with E-state index in [2.05, 4.69) is 35.7 Å². The average molecular weight is 292 g/mol. The summed E-state index contributed by atoms with van der Waals surface area (Å²) in [5.74, 6) is 0. The van der Waals surface area contributed by atoms with Crippen molar-refractivity contribution >= 4 is 21.9 Å². The maximum atomic E-state index is 9.55. The van der Waals surface area contributed by atoms with Crippen molar-refractivity contribution in [2.45, 2.75) is 25.7 Å². The molecular formula is C18H16N2S. The van der Waals surface area contributed by atoms with Crippen LogP contribution in [0.5, 0.6) is 0 Å². The number of anilines is 1. The van der Waals surface area contributed by atoms with E-state index in [1.807, 2.05) is 17.4 Å². The van der Waals surface area contributed by atoms with Crippen molar-refractivity contribution in [2.24, 2.45) is 0 Å². The van der Waals surface area contributed by atoms with Gasteiger partial charge in [-0.05, 0) is 36.8 Å². The maximum Gasteiger partial charge on any atom is 0.0972 e. The number of nitrogens with zero attached hydrogens (tertiary/aromatic N) is 1. The molecule has 4 rings (SSSR count). The van der Waals surface area contributed by atoms with Gasteiger partial charge in [-0.15, -0.1) is 11.3 Å². The minimum Gasteiger partial charge on any atom is -0.372 e. The zero-order valence-electron chi connectivity index (χ0n) is 11.8. The molecule has 0 radical (unpaired) electrons. The largest absolute Gasteiger partial charge is 0.372 e. The predicted octanol–water partition coefficient (Wildman–Crippen LogP) is 4.38. The number of nitrogens with one attached hydrogen (secondary N) is 1. The first kappa shape index (κ1) is 12.7. The van der Waals surface area contributed by atoms with E-state index in [4.69, 9.17) is 0 Å². The maximum absolute atomic E-state index is 9.55. The van der Waals surface area contributed by atoms with Crippen LogP contribution in [0.2, 0.25) is 0 Å². The second kappa shape index (κ2) is 5.05. The van der Waals surface area contributed by atoms with E-state index >= 15 is 0 Å². The van der Waals surface area contributed by atoms with Crippen molar-refractivity contribution < 1.29 is 0 Å². The molecule has 1 aromatic carbocycles. The summed E-state index contributed by atoms with van der Waals surface area (Å²) >= 11 is 1.89. The highest BCUT2D eigenvalue weighted by molar-refractivity contribution is 7.16. The summed E-state index contributed by atoms with van der Waals surface area (Å²) in [7, 11) is 0. The van der Waals surface area contributed by atoms with Crippen LogP contribution in [0.25, 0.3) is 5.57 Å². The van der Waals surface area contributed by atoms with Crippen LogP contribution >= 0.6 is 11.3 Å². The van der Waals surface area contributed by atoms with Gasteiger partial charge in [0.15, 0.2) is 0 Å². The fourth-order valence-electron chi connectivity index (χ4n) is 3.38. The zero-order chi connectivity index (χ0) is 14.2. The average Bonchev–Trinajstić information content (AvgIpc) is 2.93. The monoisotopic (exact) mass is 292 g/mol. The van der Waals surface area contributed by atoms with E-state index in [0.717, 1.165) is 17.6 Å². The SMILES string of the molecule is N#CC1=C(c2ccccc2)c2c(sc3c2CCCC3)NC1. The summed E-state index contributed by atoms with van der Waals surface area (Å²) in [5, 5.41) is 14.3. The molecule has 0 saturated carbocycles. The first-order valence-electron chi connectivity index (χ1n) is 7.46. The van der Waals surface area contributed by atoms with Crippen LogP contribution in [-0.2, 0) is 12.8 Å². The molecule has 0 fully saturated rings. The van der Waals surface area contributed by atoms with Crippen LogP contribution in [-0.4, -0.2) is 6.54 Å². The molecule has 0 saturated heterocycles. The fourth-order valence-corrected chi connectivity index (χ4v) is 4.67. The molecule has 2 aromatic rings. The molecule has 0 amide bonds. The lowest BCUT2D eigenvalue weighted by molar-refractivity contribution is 0.696. The third-order valence-electron chi connectivity index (χ3n) is 4.35. The molecule has 0 atom stereocenters. The Bertz CT molecular complexity index is 763. The summed E-state index contributed by atoms with van der Waals surface area (Å²) in [6, 6.07) is 12.8. The number of aryl methyl sites for hydroxylation is 1. The van der Waals surface area contributed by atoms with Crippen molar-refractivity contribution in [3.05, 3.63) is 57.5 Å². The number of rotatable bonds is 1. The van der Waals surface area contributed by atoms with Crippen molar-refractivity contribution in [3.63, 3.8) is 0 Å². The summed E-state index contributed by atoms with van der Waals surface area (Å²) in [4.78, 5) is 1.52. The molecule has 0 spiro atoms. The Morgan fingerprint density at radius 2 is 1.90 bits per heavy atom. The second-order valence-corrected chi connectivity index (χ2v) is 6.71. The van der Waals surface area contributed by atoms with Gasteiger partial charge < -0.3 is 5.32 Å². The molecule has 1 aliphatic carbocycles. The molecule has 21 heavy (non-hydrogen) atoms. The highest BCUT2D eigenvalue weighted by atomic mass is 32.1. The van der Waals surface area contributed by atoms with Gasteiger partial charge in [-0.25, -0.2) is 0 Å². The highest BCUT2D eigenvalue weighted by Crippen LogP contribution is 2.46. The molecule has 1 N–H and O–H groups in total. The minimum absolute atomic E-state index is 0.646. The van der Waals surface area contributed by atoms with Gasteiger partial charge in [0, 0.05) is 16.0 Å². The molecule has 0 bridgehead atoms. The molecule has 104 valence electrons. The lowest BCUT2D eigenvalue weighted by Gasteiger charge is -2.21. The third-order valence-corrected chi connectivity index (χ3v) is 5.60. The first-order valence-corrected chi connectivity index (χ1v) is 8.27. The molecule has 1 aliphatic heterocycles. The van der Waals surface area contributed by atoms with Gasteiger partial charge in [0.2, 0.25) is 0 Å². The summed E-state index contributed by atoms with van der Waals surface area (Å²) in [5.41, 5.74) is 5.98. The Morgan fingerprint density at radius 1 is 1.10 bits per heavy atom. The van der Waals surface area contributed by atoms with Crippen molar-refractivity contribution in [1.82, 2.24) is 0 Å². The quantitative estimate of drug-likeness (QED) is 0.846. The van der Waals surface area contributed by atoms with Crippen LogP contribution in [0.15, 0.2) is 35.9 Å². The molecule has 2 aliphatic rings. The van der Waals surface area contributed by atoms with Crippen molar-refractivity contribution in [1.29, 1.82) is 5.26 Å². The Kier molecular flexibility index (Phi) is 3.05. The van der Waals surface area contributed by atoms with Crippen LogP contribution in [0.1, 0.15) is 34.4 Å². The lowest BCUT2D eigenvalue weighted by atomic mass is 9.86. The molecule has 2 nitrogen and oxygen atoms in total. The van der Waals surface area contributed by atoms with Gasteiger partial charge in [0.05, 0.1) is 23.2 Å². The first-order chi connectivity index (χ1) is 10.4. The van der Waals surface area contributed by atoms with E-state index in [1.54, 1.807) is 0 Å². The van der Waals surface area contributed by atoms with E-state index in [9.17, 15) is 5.26 Å². The Hall–Kier alpha value is -2.05. The number of thiophene rings is 1. The number of nitriles is 1. The Morgan fingerprint density at radius 3 is 2.71 bits per heavy atom. The fraction of sp³-hybridized carbons (Fsp3) is 0.278. The smallest absolute Gasteiger partial charge is 0.0972 e. The van der Waals surface area contributed by atoms with E-state index in [1.165, 1.54) is 45.8 Å². The van der Waals surface area contributed by atoms with Crippen LogP contribution in [0, 0.1) is 11.3 Å². The van der Waals surface area contributed by atoms with Gasteiger partial charge in [-0.2, -0.15) is 5.26 Å².